The Kier molecular flexibility index (Phi) is 6.56. The molecule has 1 saturated heterocycles. The molecular weight excluding hydrogens is 261 g/mol. The molecule has 0 saturated carbocycles. The zero-order valence-corrected chi connectivity index (χ0v) is 11.4. The van der Waals surface area contributed by atoms with Crippen LogP contribution in [-0.4, -0.2) is 36.4 Å². The van der Waals surface area contributed by atoms with E-state index in [4.69, 9.17) is 9.47 Å². The van der Waals surface area contributed by atoms with Gasteiger partial charge in [-0.2, -0.15) is 13.2 Å². The van der Waals surface area contributed by atoms with Gasteiger partial charge < -0.3 is 14.6 Å². The molecule has 4 atom stereocenters. The van der Waals surface area contributed by atoms with Crippen molar-refractivity contribution in [2.24, 2.45) is 5.92 Å². The highest BCUT2D eigenvalue weighted by atomic mass is 19.4. The number of aliphatic hydroxyl groups is 1. The van der Waals surface area contributed by atoms with Crippen LogP contribution in [0.4, 0.5) is 13.2 Å². The lowest BCUT2D eigenvalue weighted by Crippen LogP contribution is -2.51. The average molecular weight is 284 g/mol. The van der Waals surface area contributed by atoms with Crippen LogP contribution in [-0.2, 0) is 9.47 Å². The molecule has 0 amide bonds. The highest BCUT2D eigenvalue weighted by molar-refractivity contribution is 4.84. The molecule has 0 aromatic rings. The van der Waals surface area contributed by atoms with Crippen LogP contribution in [0.15, 0.2) is 0 Å². The quantitative estimate of drug-likeness (QED) is 0.761. The van der Waals surface area contributed by atoms with Gasteiger partial charge in [0.2, 0.25) is 0 Å². The van der Waals surface area contributed by atoms with Gasteiger partial charge in [-0.05, 0) is 12.8 Å². The summed E-state index contributed by atoms with van der Waals surface area (Å²) in [5, 5.41) is 9.43. The number of ether oxygens (including phenoxy) is 2. The Balaban J connectivity index is 2.40. The summed E-state index contributed by atoms with van der Waals surface area (Å²) in [6, 6.07) is 0. The summed E-state index contributed by atoms with van der Waals surface area (Å²) < 4.78 is 48.2. The van der Waals surface area contributed by atoms with Crippen molar-refractivity contribution < 1.29 is 27.8 Å². The number of aliphatic hydroxyl groups excluding tert-OH is 1. The van der Waals surface area contributed by atoms with E-state index >= 15 is 0 Å². The SMILES string of the molecule is CCCCCCO[C@@H]1O[C@H](C(F)(F)F)[C@@H](O)C[C@H]1C. The summed E-state index contributed by atoms with van der Waals surface area (Å²) >= 11 is 0. The first kappa shape index (κ1) is 16.7. The first-order valence-corrected chi connectivity index (χ1v) is 6.88. The first-order chi connectivity index (χ1) is 8.86. The van der Waals surface area contributed by atoms with Crippen molar-refractivity contribution in [3.8, 4) is 0 Å². The lowest BCUT2D eigenvalue weighted by atomic mass is 9.95. The van der Waals surface area contributed by atoms with Crippen molar-refractivity contribution in [1.82, 2.24) is 0 Å². The van der Waals surface area contributed by atoms with E-state index in [0.29, 0.717) is 6.61 Å². The molecule has 1 fully saturated rings. The van der Waals surface area contributed by atoms with Crippen molar-refractivity contribution in [3.05, 3.63) is 0 Å². The molecule has 1 aliphatic rings. The van der Waals surface area contributed by atoms with E-state index in [0.717, 1.165) is 25.7 Å². The summed E-state index contributed by atoms with van der Waals surface area (Å²) in [6.07, 6.45) is -5.01. The lowest BCUT2D eigenvalue weighted by molar-refractivity contribution is -0.324. The Labute approximate surface area is 112 Å². The molecule has 19 heavy (non-hydrogen) atoms. The van der Waals surface area contributed by atoms with Crippen LogP contribution in [0.5, 0.6) is 0 Å². The molecule has 1 heterocycles. The summed E-state index contributed by atoms with van der Waals surface area (Å²) in [5.74, 6) is -0.236. The van der Waals surface area contributed by atoms with Gasteiger partial charge >= 0.3 is 6.18 Å². The summed E-state index contributed by atoms with van der Waals surface area (Å²) in [6.45, 7) is 4.21. The standard InChI is InChI=1S/C13H23F3O3/c1-3-4-5-6-7-18-12-9(2)8-10(17)11(19-12)13(14,15)16/h9-12,17H,3-8H2,1-2H3/t9-,10+,11+,12-/m1/s1. The van der Waals surface area contributed by atoms with E-state index in [1.54, 1.807) is 6.92 Å². The fourth-order valence-corrected chi connectivity index (χ4v) is 2.21. The fourth-order valence-electron chi connectivity index (χ4n) is 2.21. The molecule has 0 aromatic carbocycles. The van der Waals surface area contributed by atoms with Crippen molar-refractivity contribution in [2.45, 2.75) is 70.6 Å². The minimum Gasteiger partial charge on any atom is -0.390 e. The van der Waals surface area contributed by atoms with Gasteiger partial charge in [0.15, 0.2) is 12.4 Å². The average Bonchev–Trinajstić information content (AvgIpc) is 2.29. The van der Waals surface area contributed by atoms with Gasteiger partial charge in [0.05, 0.1) is 6.10 Å². The minimum atomic E-state index is -4.55. The predicted octanol–water partition coefficient (Wildman–Crippen LogP) is 3.26. The van der Waals surface area contributed by atoms with Gasteiger partial charge in [0, 0.05) is 12.5 Å². The Bertz CT molecular complexity index is 258. The maximum atomic E-state index is 12.6. The van der Waals surface area contributed by atoms with Crippen molar-refractivity contribution >= 4 is 0 Å². The summed E-state index contributed by atoms with van der Waals surface area (Å²) in [7, 11) is 0. The van der Waals surface area contributed by atoms with Gasteiger partial charge in [0.25, 0.3) is 0 Å². The second kappa shape index (κ2) is 7.45. The monoisotopic (exact) mass is 284 g/mol. The molecule has 3 nitrogen and oxygen atoms in total. The van der Waals surface area contributed by atoms with Crippen LogP contribution >= 0.6 is 0 Å². The second-order valence-corrected chi connectivity index (χ2v) is 5.18. The van der Waals surface area contributed by atoms with Crippen LogP contribution in [0, 0.1) is 5.92 Å². The number of unbranched alkanes of at least 4 members (excludes halogenated alkanes) is 3. The lowest BCUT2D eigenvalue weighted by Gasteiger charge is -2.38. The molecule has 0 bridgehead atoms. The third kappa shape index (κ3) is 5.28. The molecular formula is C13H23F3O3. The molecule has 1 aliphatic heterocycles. The number of rotatable bonds is 6. The molecule has 0 unspecified atom stereocenters. The van der Waals surface area contributed by atoms with Crippen LogP contribution < -0.4 is 0 Å². The van der Waals surface area contributed by atoms with E-state index in [2.05, 4.69) is 6.92 Å². The molecule has 1 rings (SSSR count). The Morgan fingerprint density at radius 2 is 1.95 bits per heavy atom. The molecule has 114 valence electrons. The van der Waals surface area contributed by atoms with Crippen molar-refractivity contribution in [2.75, 3.05) is 6.61 Å². The first-order valence-electron chi connectivity index (χ1n) is 6.88. The van der Waals surface area contributed by atoms with Crippen LogP contribution in [0.2, 0.25) is 0 Å². The molecule has 1 N–H and O–H groups in total. The van der Waals surface area contributed by atoms with Crippen molar-refractivity contribution in [3.63, 3.8) is 0 Å². The molecule has 0 aliphatic carbocycles. The third-order valence-electron chi connectivity index (χ3n) is 3.31. The van der Waals surface area contributed by atoms with E-state index in [9.17, 15) is 18.3 Å². The Hall–Kier alpha value is -0.330. The zero-order chi connectivity index (χ0) is 14.5. The third-order valence-corrected chi connectivity index (χ3v) is 3.31. The topological polar surface area (TPSA) is 38.7 Å². The minimum absolute atomic E-state index is 0.0454. The highest BCUT2D eigenvalue weighted by Gasteiger charge is 2.50. The number of hydrogen-bond acceptors (Lipinski definition) is 3. The smallest absolute Gasteiger partial charge is 0.390 e. The summed E-state index contributed by atoms with van der Waals surface area (Å²) in [5.41, 5.74) is 0. The number of alkyl halides is 3. The maximum Gasteiger partial charge on any atom is 0.417 e. The molecule has 0 aromatic heterocycles. The highest BCUT2D eigenvalue weighted by Crippen LogP contribution is 2.35. The molecule has 6 heteroatoms. The number of hydrogen-bond donors (Lipinski definition) is 1. The van der Waals surface area contributed by atoms with Gasteiger partial charge in [-0.25, -0.2) is 0 Å². The summed E-state index contributed by atoms with van der Waals surface area (Å²) in [4.78, 5) is 0. The second-order valence-electron chi connectivity index (χ2n) is 5.18. The largest absolute Gasteiger partial charge is 0.417 e. The Morgan fingerprint density at radius 3 is 2.53 bits per heavy atom. The van der Waals surface area contributed by atoms with Crippen molar-refractivity contribution in [1.29, 1.82) is 0 Å². The normalized spacial score (nSPS) is 32.5. The van der Waals surface area contributed by atoms with Crippen LogP contribution in [0.25, 0.3) is 0 Å². The van der Waals surface area contributed by atoms with Gasteiger partial charge in [-0.15, -0.1) is 0 Å². The predicted molar refractivity (Wildman–Crippen MR) is 64.6 cm³/mol. The fraction of sp³-hybridized carbons (Fsp3) is 1.00. The van der Waals surface area contributed by atoms with Gasteiger partial charge in [0.1, 0.15) is 0 Å². The number of halogens is 3. The molecule has 0 spiro atoms. The zero-order valence-electron chi connectivity index (χ0n) is 11.4. The maximum absolute atomic E-state index is 12.6. The van der Waals surface area contributed by atoms with Crippen LogP contribution in [0.1, 0.15) is 46.0 Å². The van der Waals surface area contributed by atoms with E-state index in [1.165, 1.54) is 0 Å². The van der Waals surface area contributed by atoms with E-state index in [-0.39, 0.29) is 12.3 Å². The van der Waals surface area contributed by atoms with Gasteiger partial charge in [-0.1, -0.05) is 33.1 Å². The van der Waals surface area contributed by atoms with Gasteiger partial charge in [-0.3, -0.25) is 0 Å². The van der Waals surface area contributed by atoms with Crippen LogP contribution in [0.3, 0.4) is 0 Å². The van der Waals surface area contributed by atoms with E-state index < -0.39 is 24.7 Å². The Morgan fingerprint density at radius 1 is 1.26 bits per heavy atom. The van der Waals surface area contributed by atoms with E-state index in [1.807, 2.05) is 0 Å². The molecule has 0 radical (unpaired) electrons.